The number of urea groups is 1. The monoisotopic (exact) mass is 296 g/mol. The molecular formula is C15H24N2O4. The zero-order valence-corrected chi connectivity index (χ0v) is 12.3. The van der Waals surface area contributed by atoms with Gasteiger partial charge >= 0.3 is 12.0 Å². The molecule has 0 aromatic rings. The number of nitrogens with zero attached hydrogens (tertiary/aromatic N) is 1. The molecule has 6 heteroatoms. The van der Waals surface area contributed by atoms with E-state index >= 15 is 0 Å². The van der Waals surface area contributed by atoms with Crippen molar-refractivity contribution in [1.29, 1.82) is 0 Å². The average molecular weight is 296 g/mol. The molecule has 6 nitrogen and oxygen atoms in total. The number of unbranched alkanes of at least 4 members (excludes halogenated alkanes) is 1. The number of amides is 3. The van der Waals surface area contributed by atoms with Crippen molar-refractivity contribution in [2.45, 2.75) is 63.8 Å². The number of imide groups is 1. The number of carboxylic acid groups (broad SMARTS) is 1. The lowest BCUT2D eigenvalue weighted by Crippen LogP contribution is -2.51. The van der Waals surface area contributed by atoms with Crippen molar-refractivity contribution in [1.82, 2.24) is 10.2 Å². The van der Waals surface area contributed by atoms with E-state index < -0.39 is 5.97 Å². The van der Waals surface area contributed by atoms with Gasteiger partial charge in [0.25, 0.3) is 0 Å². The van der Waals surface area contributed by atoms with Crippen molar-refractivity contribution >= 4 is 17.9 Å². The van der Waals surface area contributed by atoms with Gasteiger partial charge in [0, 0.05) is 25.4 Å². The number of nitrogens with one attached hydrogen (secondary N) is 1. The third kappa shape index (κ3) is 4.44. The number of carboxylic acids is 1. The Morgan fingerprint density at radius 3 is 2.52 bits per heavy atom. The lowest BCUT2D eigenvalue weighted by atomic mass is 9.92. The number of aliphatic carboxylic acids is 1. The number of rotatable bonds is 5. The molecule has 1 saturated heterocycles. The minimum atomic E-state index is -0.855. The van der Waals surface area contributed by atoms with Crippen LogP contribution in [0.2, 0.25) is 0 Å². The summed E-state index contributed by atoms with van der Waals surface area (Å²) < 4.78 is 0. The van der Waals surface area contributed by atoms with Crippen LogP contribution in [-0.2, 0) is 9.59 Å². The van der Waals surface area contributed by atoms with E-state index in [0.29, 0.717) is 24.8 Å². The SMILES string of the molecule is O=C(O)CCCCC(=O)NC(=O)N1CCCC2CCCC21. The van der Waals surface area contributed by atoms with E-state index in [1.807, 2.05) is 4.90 Å². The Morgan fingerprint density at radius 2 is 1.76 bits per heavy atom. The van der Waals surface area contributed by atoms with Crippen molar-refractivity contribution in [2.75, 3.05) is 6.54 Å². The predicted molar refractivity (Wildman–Crippen MR) is 76.7 cm³/mol. The minimum Gasteiger partial charge on any atom is -0.481 e. The van der Waals surface area contributed by atoms with Gasteiger partial charge in [0.15, 0.2) is 0 Å². The van der Waals surface area contributed by atoms with Crippen LogP contribution in [-0.4, -0.2) is 40.5 Å². The van der Waals surface area contributed by atoms with Gasteiger partial charge < -0.3 is 10.0 Å². The second-order valence-corrected chi connectivity index (χ2v) is 6.05. The average Bonchev–Trinajstić information content (AvgIpc) is 2.91. The van der Waals surface area contributed by atoms with Crippen LogP contribution in [0.1, 0.15) is 57.8 Å². The second-order valence-electron chi connectivity index (χ2n) is 6.05. The first-order valence-corrected chi connectivity index (χ1v) is 7.90. The summed E-state index contributed by atoms with van der Waals surface area (Å²) in [6.45, 7) is 0.735. The van der Waals surface area contributed by atoms with E-state index in [-0.39, 0.29) is 24.8 Å². The third-order valence-corrected chi connectivity index (χ3v) is 4.54. The first kappa shape index (κ1) is 15.8. The number of hydrogen-bond donors (Lipinski definition) is 2. The Bertz CT molecular complexity index is 410. The molecule has 3 amide bonds. The Labute approximate surface area is 124 Å². The van der Waals surface area contributed by atoms with Crippen LogP contribution in [0, 0.1) is 5.92 Å². The largest absolute Gasteiger partial charge is 0.481 e. The van der Waals surface area contributed by atoms with Gasteiger partial charge in [-0.15, -0.1) is 0 Å². The summed E-state index contributed by atoms with van der Waals surface area (Å²) in [5.41, 5.74) is 0. The highest BCUT2D eigenvalue weighted by Crippen LogP contribution is 2.36. The topological polar surface area (TPSA) is 86.7 Å². The molecule has 1 saturated carbocycles. The highest BCUT2D eigenvalue weighted by atomic mass is 16.4. The Kier molecular flexibility index (Phi) is 5.59. The lowest BCUT2D eigenvalue weighted by Gasteiger charge is -2.37. The van der Waals surface area contributed by atoms with Gasteiger partial charge in [0.05, 0.1) is 0 Å². The van der Waals surface area contributed by atoms with Gasteiger partial charge in [-0.2, -0.15) is 0 Å². The highest BCUT2D eigenvalue weighted by molar-refractivity contribution is 5.94. The quantitative estimate of drug-likeness (QED) is 0.761. The molecule has 2 rings (SSSR count). The number of hydrogen-bond acceptors (Lipinski definition) is 3. The summed E-state index contributed by atoms with van der Waals surface area (Å²) in [5.74, 6) is -0.548. The summed E-state index contributed by atoms with van der Waals surface area (Å²) in [7, 11) is 0. The summed E-state index contributed by atoms with van der Waals surface area (Å²) in [6, 6.07) is 0.0356. The lowest BCUT2D eigenvalue weighted by molar-refractivity contribution is -0.137. The maximum absolute atomic E-state index is 12.2. The maximum Gasteiger partial charge on any atom is 0.324 e. The van der Waals surface area contributed by atoms with Gasteiger partial charge in [0.2, 0.25) is 5.91 Å². The molecule has 0 bridgehead atoms. The van der Waals surface area contributed by atoms with E-state index in [0.717, 1.165) is 19.4 Å². The molecule has 0 radical (unpaired) electrons. The summed E-state index contributed by atoms with van der Waals surface area (Å²) in [6.07, 6.45) is 6.85. The number of carbonyl (C=O) groups excluding carboxylic acids is 2. The third-order valence-electron chi connectivity index (χ3n) is 4.54. The van der Waals surface area contributed by atoms with Gasteiger partial charge in [-0.05, 0) is 44.4 Å². The van der Waals surface area contributed by atoms with Crippen molar-refractivity contribution in [2.24, 2.45) is 5.92 Å². The number of likely N-dealkylation sites (tertiary alicyclic amines) is 1. The Balaban J connectivity index is 1.73. The molecular weight excluding hydrogens is 272 g/mol. The van der Waals surface area contributed by atoms with Crippen LogP contribution in [0.25, 0.3) is 0 Å². The summed E-state index contributed by atoms with van der Waals surface area (Å²) >= 11 is 0. The molecule has 21 heavy (non-hydrogen) atoms. The first-order chi connectivity index (χ1) is 10.1. The van der Waals surface area contributed by atoms with Crippen molar-refractivity contribution in [3.63, 3.8) is 0 Å². The van der Waals surface area contributed by atoms with Gasteiger partial charge in [-0.25, -0.2) is 4.79 Å². The second kappa shape index (κ2) is 7.43. The molecule has 2 atom stereocenters. The maximum atomic E-state index is 12.2. The predicted octanol–water partition coefficient (Wildman–Crippen LogP) is 2.13. The molecule has 2 unspecified atom stereocenters. The fraction of sp³-hybridized carbons (Fsp3) is 0.800. The van der Waals surface area contributed by atoms with Crippen molar-refractivity contribution < 1.29 is 19.5 Å². The molecule has 118 valence electrons. The first-order valence-electron chi connectivity index (χ1n) is 7.90. The molecule has 2 fully saturated rings. The van der Waals surface area contributed by atoms with Crippen molar-refractivity contribution in [3.8, 4) is 0 Å². The molecule has 2 N–H and O–H groups in total. The van der Waals surface area contributed by atoms with Gasteiger partial charge in [-0.1, -0.05) is 6.42 Å². The van der Waals surface area contributed by atoms with E-state index in [4.69, 9.17) is 5.11 Å². The van der Waals surface area contributed by atoms with Crippen LogP contribution >= 0.6 is 0 Å². The van der Waals surface area contributed by atoms with E-state index in [1.165, 1.54) is 19.3 Å². The van der Waals surface area contributed by atoms with Crippen LogP contribution in [0.4, 0.5) is 4.79 Å². The van der Waals surface area contributed by atoms with Crippen LogP contribution in [0.15, 0.2) is 0 Å². The Hall–Kier alpha value is -1.59. The number of carbonyl (C=O) groups is 3. The van der Waals surface area contributed by atoms with E-state index in [1.54, 1.807) is 0 Å². The highest BCUT2D eigenvalue weighted by Gasteiger charge is 2.37. The van der Waals surface area contributed by atoms with E-state index in [2.05, 4.69) is 5.32 Å². The number of piperidine rings is 1. The van der Waals surface area contributed by atoms with Gasteiger partial charge in [-0.3, -0.25) is 14.9 Å². The van der Waals surface area contributed by atoms with E-state index in [9.17, 15) is 14.4 Å². The summed E-state index contributed by atoms with van der Waals surface area (Å²) in [5, 5.41) is 11.0. The smallest absolute Gasteiger partial charge is 0.324 e. The molecule has 0 aromatic carbocycles. The molecule has 0 spiro atoms. The standard InChI is InChI=1S/C15H24N2O4/c18-13(8-1-2-9-14(19)20)16-15(21)17-10-4-6-11-5-3-7-12(11)17/h11-12H,1-10H2,(H,19,20)(H,16,18,21). The molecule has 1 aliphatic carbocycles. The molecule has 0 aromatic heterocycles. The Morgan fingerprint density at radius 1 is 1.05 bits per heavy atom. The van der Waals surface area contributed by atoms with Crippen LogP contribution in [0.5, 0.6) is 0 Å². The van der Waals surface area contributed by atoms with Gasteiger partial charge in [0.1, 0.15) is 0 Å². The fourth-order valence-corrected chi connectivity index (χ4v) is 3.52. The fourth-order valence-electron chi connectivity index (χ4n) is 3.52. The summed E-state index contributed by atoms with van der Waals surface area (Å²) in [4.78, 5) is 36.1. The molecule has 1 heterocycles. The minimum absolute atomic E-state index is 0.0666. The molecule has 2 aliphatic rings. The van der Waals surface area contributed by atoms with Crippen molar-refractivity contribution in [3.05, 3.63) is 0 Å². The van der Waals surface area contributed by atoms with Crippen LogP contribution < -0.4 is 5.32 Å². The zero-order chi connectivity index (χ0) is 15.2. The number of fused-ring (bicyclic) bond motifs is 1. The molecule has 1 aliphatic heterocycles. The normalized spacial score (nSPS) is 24.5. The zero-order valence-electron chi connectivity index (χ0n) is 12.3. The van der Waals surface area contributed by atoms with Crippen LogP contribution in [0.3, 0.4) is 0 Å².